The van der Waals surface area contributed by atoms with E-state index in [4.69, 9.17) is 0 Å². The first-order chi connectivity index (χ1) is 10.7. The second kappa shape index (κ2) is 6.71. The number of anilines is 1. The Balaban J connectivity index is 1.76. The third-order valence-corrected chi connectivity index (χ3v) is 4.11. The molecule has 4 nitrogen and oxygen atoms in total. The second-order valence-electron chi connectivity index (χ2n) is 5.76. The van der Waals surface area contributed by atoms with E-state index in [0.29, 0.717) is 11.6 Å². The Bertz CT molecular complexity index is 663. The molecule has 1 aliphatic rings. The van der Waals surface area contributed by atoms with Gasteiger partial charge in [-0.2, -0.15) is 0 Å². The molecule has 1 aromatic carbocycles. The summed E-state index contributed by atoms with van der Waals surface area (Å²) in [6.45, 7) is 3.99. The summed E-state index contributed by atoms with van der Waals surface area (Å²) in [5.41, 5.74) is 3.36. The summed E-state index contributed by atoms with van der Waals surface area (Å²) in [6, 6.07) is 13.5. The number of carbonyl (C=O) groups excluding carboxylic acids is 1. The van der Waals surface area contributed by atoms with Crippen LogP contribution in [0.25, 0.3) is 0 Å². The fourth-order valence-corrected chi connectivity index (χ4v) is 2.81. The monoisotopic (exact) mass is 295 g/mol. The Labute approximate surface area is 131 Å². The van der Waals surface area contributed by atoms with E-state index in [0.717, 1.165) is 42.9 Å². The third-order valence-electron chi connectivity index (χ3n) is 4.11. The van der Waals surface area contributed by atoms with Crippen molar-refractivity contribution in [3.05, 3.63) is 59.4 Å². The third kappa shape index (κ3) is 3.34. The predicted octanol–water partition coefficient (Wildman–Crippen LogP) is 3.11. The fraction of sp³-hybridized carbons (Fsp3) is 0.333. The number of carbonyl (C=O) groups is 1. The van der Waals surface area contributed by atoms with E-state index >= 15 is 0 Å². The summed E-state index contributed by atoms with van der Waals surface area (Å²) < 4.78 is 0. The van der Waals surface area contributed by atoms with Crippen molar-refractivity contribution in [2.24, 2.45) is 0 Å². The van der Waals surface area contributed by atoms with Gasteiger partial charge in [0.15, 0.2) is 0 Å². The van der Waals surface area contributed by atoms with E-state index in [1.807, 2.05) is 43.3 Å². The first-order valence-corrected chi connectivity index (χ1v) is 7.78. The van der Waals surface area contributed by atoms with Gasteiger partial charge >= 0.3 is 0 Å². The standard InChI is InChI=1S/C18H21N3O/c1-13-6-2-3-8-15(13)21-18(22)17-10-4-9-16(20-17)14-7-5-11-19-12-14/h2-4,6,8-10,14,19H,5,7,11-12H2,1H3,(H,21,22). The van der Waals surface area contributed by atoms with Crippen molar-refractivity contribution in [1.82, 2.24) is 10.3 Å². The number of para-hydroxylation sites is 1. The van der Waals surface area contributed by atoms with Gasteiger partial charge in [-0.3, -0.25) is 4.79 Å². The molecule has 1 atom stereocenters. The van der Waals surface area contributed by atoms with Crippen molar-refractivity contribution < 1.29 is 4.79 Å². The first-order valence-electron chi connectivity index (χ1n) is 7.78. The fourth-order valence-electron chi connectivity index (χ4n) is 2.81. The molecule has 0 spiro atoms. The average molecular weight is 295 g/mol. The molecule has 0 saturated carbocycles. The maximum atomic E-state index is 12.4. The molecular formula is C18H21N3O. The number of rotatable bonds is 3. The molecule has 0 radical (unpaired) electrons. The molecular weight excluding hydrogens is 274 g/mol. The molecule has 1 amide bonds. The Kier molecular flexibility index (Phi) is 4.49. The summed E-state index contributed by atoms with van der Waals surface area (Å²) in [7, 11) is 0. The summed E-state index contributed by atoms with van der Waals surface area (Å²) >= 11 is 0. The molecule has 1 aliphatic heterocycles. The van der Waals surface area contributed by atoms with Gasteiger partial charge in [0.1, 0.15) is 5.69 Å². The molecule has 1 saturated heterocycles. The first kappa shape index (κ1) is 14.7. The Morgan fingerprint density at radius 3 is 2.86 bits per heavy atom. The van der Waals surface area contributed by atoms with Crippen LogP contribution in [-0.2, 0) is 0 Å². The molecule has 22 heavy (non-hydrogen) atoms. The maximum Gasteiger partial charge on any atom is 0.274 e. The predicted molar refractivity (Wildman–Crippen MR) is 88.2 cm³/mol. The maximum absolute atomic E-state index is 12.4. The SMILES string of the molecule is Cc1ccccc1NC(=O)c1cccc(C2CCCNC2)n1. The van der Waals surface area contributed by atoms with Crippen LogP contribution in [0.5, 0.6) is 0 Å². The number of nitrogens with zero attached hydrogens (tertiary/aromatic N) is 1. The minimum atomic E-state index is -0.153. The van der Waals surface area contributed by atoms with Gasteiger partial charge in [0.2, 0.25) is 0 Å². The lowest BCUT2D eigenvalue weighted by atomic mass is 9.95. The zero-order chi connectivity index (χ0) is 15.4. The minimum Gasteiger partial charge on any atom is -0.320 e. The number of hydrogen-bond acceptors (Lipinski definition) is 3. The summed E-state index contributed by atoms with van der Waals surface area (Å²) in [5, 5.41) is 6.33. The molecule has 114 valence electrons. The molecule has 2 aromatic rings. The number of piperidine rings is 1. The quantitative estimate of drug-likeness (QED) is 0.915. The van der Waals surface area contributed by atoms with Gasteiger partial charge in [-0.05, 0) is 50.1 Å². The highest BCUT2D eigenvalue weighted by atomic mass is 16.1. The lowest BCUT2D eigenvalue weighted by molar-refractivity contribution is 0.102. The minimum absolute atomic E-state index is 0.153. The molecule has 3 rings (SSSR count). The molecule has 0 aliphatic carbocycles. The van der Waals surface area contributed by atoms with Crippen molar-refractivity contribution >= 4 is 11.6 Å². The number of aromatic nitrogens is 1. The van der Waals surface area contributed by atoms with Crippen LogP contribution in [0, 0.1) is 6.92 Å². The van der Waals surface area contributed by atoms with Crippen molar-refractivity contribution in [2.75, 3.05) is 18.4 Å². The summed E-state index contributed by atoms with van der Waals surface area (Å²) in [5.74, 6) is 0.250. The Hall–Kier alpha value is -2.20. The van der Waals surface area contributed by atoms with E-state index in [2.05, 4.69) is 15.6 Å². The Morgan fingerprint density at radius 2 is 2.09 bits per heavy atom. The normalized spacial score (nSPS) is 18.0. The van der Waals surface area contributed by atoms with Crippen LogP contribution in [0.1, 0.15) is 40.5 Å². The van der Waals surface area contributed by atoms with Crippen LogP contribution in [0.15, 0.2) is 42.5 Å². The molecule has 1 fully saturated rings. The number of hydrogen-bond donors (Lipinski definition) is 2. The van der Waals surface area contributed by atoms with Crippen LogP contribution < -0.4 is 10.6 Å². The highest BCUT2D eigenvalue weighted by molar-refractivity contribution is 6.03. The van der Waals surface area contributed by atoms with E-state index < -0.39 is 0 Å². The van der Waals surface area contributed by atoms with E-state index in [1.165, 1.54) is 0 Å². The zero-order valence-electron chi connectivity index (χ0n) is 12.8. The van der Waals surface area contributed by atoms with Crippen molar-refractivity contribution in [3.63, 3.8) is 0 Å². The second-order valence-corrected chi connectivity index (χ2v) is 5.76. The highest BCUT2D eigenvalue weighted by Gasteiger charge is 2.18. The molecule has 4 heteroatoms. The summed E-state index contributed by atoms with van der Waals surface area (Å²) in [4.78, 5) is 17.0. The van der Waals surface area contributed by atoms with Gasteiger partial charge in [0.05, 0.1) is 0 Å². The van der Waals surface area contributed by atoms with Gasteiger partial charge in [-0.25, -0.2) is 4.98 Å². The van der Waals surface area contributed by atoms with Crippen LogP contribution in [0.2, 0.25) is 0 Å². The number of aryl methyl sites for hydroxylation is 1. The van der Waals surface area contributed by atoms with Crippen LogP contribution in [-0.4, -0.2) is 24.0 Å². The van der Waals surface area contributed by atoms with Gasteiger partial charge in [-0.15, -0.1) is 0 Å². The molecule has 1 aromatic heterocycles. The van der Waals surface area contributed by atoms with Crippen LogP contribution >= 0.6 is 0 Å². The number of nitrogens with one attached hydrogen (secondary N) is 2. The highest BCUT2D eigenvalue weighted by Crippen LogP contribution is 2.22. The number of benzene rings is 1. The van der Waals surface area contributed by atoms with Crippen molar-refractivity contribution in [2.45, 2.75) is 25.7 Å². The average Bonchev–Trinajstić information content (AvgIpc) is 2.58. The van der Waals surface area contributed by atoms with E-state index in [9.17, 15) is 4.79 Å². The lowest BCUT2D eigenvalue weighted by Crippen LogP contribution is -2.29. The van der Waals surface area contributed by atoms with Gasteiger partial charge in [0, 0.05) is 23.8 Å². The molecule has 0 bridgehead atoms. The summed E-state index contributed by atoms with van der Waals surface area (Å²) in [6.07, 6.45) is 2.29. The molecule has 2 heterocycles. The van der Waals surface area contributed by atoms with Crippen molar-refractivity contribution in [1.29, 1.82) is 0 Å². The van der Waals surface area contributed by atoms with Gasteiger partial charge in [0.25, 0.3) is 5.91 Å². The number of amides is 1. The molecule has 2 N–H and O–H groups in total. The van der Waals surface area contributed by atoms with E-state index in [-0.39, 0.29) is 5.91 Å². The lowest BCUT2D eigenvalue weighted by Gasteiger charge is -2.22. The zero-order valence-corrected chi connectivity index (χ0v) is 12.8. The van der Waals surface area contributed by atoms with Gasteiger partial charge in [-0.1, -0.05) is 24.3 Å². The largest absolute Gasteiger partial charge is 0.320 e. The van der Waals surface area contributed by atoms with Gasteiger partial charge < -0.3 is 10.6 Å². The smallest absolute Gasteiger partial charge is 0.274 e. The molecule has 1 unspecified atom stereocenters. The van der Waals surface area contributed by atoms with Crippen molar-refractivity contribution in [3.8, 4) is 0 Å². The number of pyridine rings is 1. The van der Waals surface area contributed by atoms with Crippen LogP contribution in [0.3, 0.4) is 0 Å². The topological polar surface area (TPSA) is 54.0 Å². The Morgan fingerprint density at radius 1 is 1.23 bits per heavy atom. The van der Waals surface area contributed by atoms with Crippen LogP contribution in [0.4, 0.5) is 5.69 Å². The van der Waals surface area contributed by atoms with E-state index in [1.54, 1.807) is 6.07 Å².